The minimum Gasteiger partial charge on any atom is -0.367 e. The summed E-state index contributed by atoms with van der Waals surface area (Å²) in [6.07, 6.45) is 1.68. The van der Waals surface area contributed by atoms with Gasteiger partial charge in [0, 0.05) is 5.39 Å². The number of amides is 2. The predicted octanol–water partition coefficient (Wildman–Crippen LogP) is 3.29. The summed E-state index contributed by atoms with van der Waals surface area (Å²) in [5.41, 5.74) is -0.319. The van der Waals surface area contributed by atoms with Crippen LogP contribution in [0, 0.1) is 11.8 Å². The van der Waals surface area contributed by atoms with Crippen molar-refractivity contribution in [3.8, 4) is 0 Å². The van der Waals surface area contributed by atoms with E-state index in [1.807, 2.05) is 56.3 Å². The summed E-state index contributed by atoms with van der Waals surface area (Å²) in [5.74, 6) is -0.926. The molecular weight excluding hydrogens is 302 g/mol. The molecule has 3 heterocycles. The third-order valence-corrected chi connectivity index (χ3v) is 6.21. The maximum absolute atomic E-state index is 13.2. The van der Waals surface area contributed by atoms with Crippen molar-refractivity contribution in [2.45, 2.75) is 37.9 Å². The fourth-order valence-electron chi connectivity index (χ4n) is 5.11. The molecule has 122 valence electrons. The first kappa shape index (κ1) is 14.2. The summed E-state index contributed by atoms with van der Waals surface area (Å²) >= 11 is 0. The lowest BCUT2D eigenvalue weighted by Crippen LogP contribution is -2.40. The highest BCUT2D eigenvalue weighted by Gasteiger charge is 2.72. The van der Waals surface area contributed by atoms with Crippen molar-refractivity contribution in [2.75, 3.05) is 4.90 Å². The molecule has 3 aliphatic heterocycles. The molecule has 0 N–H and O–H groups in total. The van der Waals surface area contributed by atoms with E-state index in [-0.39, 0.29) is 23.7 Å². The summed E-state index contributed by atoms with van der Waals surface area (Å²) in [6, 6.07) is 13.6. The number of ether oxygens (including phenoxy) is 1. The Bertz CT molecular complexity index is 867. The highest BCUT2D eigenvalue weighted by atomic mass is 16.5. The fraction of sp³-hybridized carbons (Fsp3) is 0.400. The van der Waals surface area contributed by atoms with Gasteiger partial charge in [0.2, 0.25) is 11.8 Å². The van der Waals surface area contributed by atoms with Gasteiger partial charge < -0.3 is 4.74 Å². The first-order valence-corrected chi connectivity index (χ1v) is 8.50. The normalized spacial score (nSPS) is 37.5. The first-order chi connectivity index (χ1) is 11.4. The molecule has 2 aromatic rings. The number of rotatable bonds is 1. The lowest BCUT2D eigenvalue weighted by molar-refractivity contribution is -0.129. The molecule has 2 amide bonds. The number of hydrogen-bond acceptors (Lipinski definition) is 3. The molecule has 4 heteroatoms. The Morgan fingerprint density at radius 3 is 2.17 bits per heavy atom. The van der Waals surface area contributed by atoms with Gasteiger partial charge in [-0.05, 0) is 38.1 Å². The highest BCUT2D eigenvalue weighted by molar-refractivity contribution is 6.26. The van der Waals surface area contributed by atoms with Gasteiger partial charge in [-0.1, -0.05) is 36.4 Å². The maximum atomic E-state index is 13.2. The van der Waals surface area contributed by atoms with Crippen molar-refractivity contribution in [3.63, 3.8) is 0 Å². The Morgan fingerprint density at radius 1 is 0.917 bits per heavy atom. The van der Waals surface area contributed by atoms with Gasteiger partial charge in [-0.25, -0.2) is 4.90 Å². The molecule has 4 unspecified atom stereocenters. The topological polar surface area (TPSA) is 46.6 Å². The van der Waals surface area contributed by atoms with Gasteiger partial charge >= 0.3 is 0 Å². The van der Waals surface area contributed by atoms with Gasteiger partial charge in [-0.2, -0.15) is 0 Å². The van der Waals surface area contributed by atoms with Crippen LogP contribution in [-0.2, 0) is 14.3 Å². The van der Waals surface area contributed by atoms with Crippen LogP contribution >= 0.6 is 0 Å². The molecule has 3 fully saturated rings. The maximum Gasteiger partial charge on any atom is 0.240 e. The number of hydrogen-bond donors (Lipinski definition) is 0. The summed E-state index contributed by atoms with van der Waals surface area (Å²) in [6.45, 7) is 3.97. The second-order valence-electron chi connectivity index (χ2n) is 7.69. The second kappa shape index (κ2) is 4.25. The Hall–Kier alpha value is -2.20. The first-order valence-electron chi connectivity index (χ1n) is 8.50. The number of carbonyl (C=O) groups is 2. The van der Waals surface area contributed by atoms with Crippen LogP contribution in [0.5, 0.6) is 0 Å². The van der Waals surface area contributed by atoms with Gasteiger partial charge in [-0.15, -0.1) is 0 Å². The zero-order valence-corrected chi connectivity index (χ0v) is 13.8. The zero-order chi connectivity index (χ0) is 16.7. The van der Waals surface area contributed by atoms with E-state index < -0.39 is 11.2 Å². The van der Waals surface area contributed by atoms with Crippen molar-refractivity contribution in [1.29, 1.82) is 0 Å². The molecule has 0 spiro atoms. The molecule has 0 aromatic heterocycles. The molecule has 5 rings (SSSR count). The summed E-state index contributed by atoms with van der Waals surface area (Å²) in [7, 11) is 0. The quantitative estimate of drug-likeness (QED) is 0.757. The molecular formula is C20H19NO3. The Labute approximate surface area is 140 Å². The zero-order valence-electron chi connectivity index (χ0n) is 13.8. The fourth-order valence-corrected chi connectivity index (χ4v) is 5.11. The third kappa shape index (κ3) is 1.52. The summed E-state index contributed by atoms with van der Waals surface area (Å²) in [5, 5.41) is 1.97. The number of anilines is 1. The highest BCUT2D eigenvalue weighted by Crippen LogP contribution is 2.61. The van der Waals surface area contributed by atoms with Gasteiger partial charge in [0.1, 0.15) is 0 Å². The van der Waals surface area contributed by atoms with E-state index in [1.165, 1.54) is 4.90 Å². The van der Waals surface area contributed by atoms with Crippen molar-refractivity contribution in [3.05, 3.63) is 42.5 Å². The summed E-state index contributed by atoms with van der Waals surface area (Å²) < 4.78 is 6.16. The minimum atomic E-state index is -0.508. The number of nitrogens with zero attached hydrogens (tertiary/aromatic N) is 1. The Balaban J connectivity index is 1.69. The SMILES string of the molecule is CC12CCC(C)(O1)C1C(=O)N(c3cccc4ccccc34)C(=O)C12. The third-order valence-electron chi connectivity index (χ3n) is 6.21. The van der Waals surface area contributed by atoms with Gasteiger partial charge in [0.25, 0.3) is 0 Å². The van der Waals surface area contributed by atoms with Crippen LogP contribution in [0.2, 0.25) is 0 Å². The van der Waals surface area contributed by atoms with E-state index in [0.29, 0.717) is 5.69 Å². The van der Waals surface area contributed by atoms with Crippen molar-refractivity contribution in [2.24, 2.45) is 11.8 Å². The number of imide groups is 1. The van der Waals surface area contributed by atoms with Gasteiger partial charge in [-0.3, -0.25) is 9.59 Å². The standard InChI is InChI=1S/C20H19NO3/c1-19-10-11-20(2,24-19)16-15(19)17(22)21(18(16)23)14-9-5-7-12-6-3-4-8-13(12)14/h3-9,15-16H,10-11H2,1-2H3. The van der Waals surface area contributed by atoms with Crippen LogP contribution < -0.4 is 4.90 Å². The molecule has 0 saturated carbocycles. The Morgan fingerprint density at radius 2 is 1.50 bits per heavy atom. The lowest BCUT2D eigenvalue weighted by Gasteiger charge is -2.27. The van der Waals surface area contributed by atoms with E-state index in [9.17, 15) is 9.59 Å². The van der Waals surface area contributed by atoms with Crippen LogP contribution in [-0.4, -0.2) is 23.0 Å². The molecule has 0 radical (unpaired) electrons. The molecule has 4 nitrogen and oxygen atoms in total. The van der Waals surface area contributed by atoms with Gasteiger partial charge in [0.15, 0.2) is 0 Å². The summed E-state index contributed by atoms with van der Waals surface area (Å²) in [4.78, 5) is 27.8. The second-order valence-corrected chi connectivity index (χ2v) is 7.69. The molecule has 0 aliphatic carbocycles. The molecule has 24 heavy (non-hydrogen) atoms. The van der Waals surface area contributed by atoms with Crippen molar-refractivity contribution < 1.29 is 14.3 Å². The average molecular weight is 321 g/mol. The van der Waals surface area contributed by atoms with Crippen LogP contribution in [0.4, 0.5) is 5.69 Å². The molecule has 2 aromatic carbocycles. The van der Waals surface area contributed by atoms with E-state index in [0.717, 1.165) is 23.6 Å². The largest absolute Gasteiger partial charge is 0.367 e. The van der Waals surface area contributed by atoms with Crippen molar-refractivity contribution >= 4 is 28.3 Å². The molecule has 2 bridgehead atoms. The van der Waals surface area contributed by atoms with Crippen LogP contribution in [0.25, 0.3) is 10.8 Å². The number of fused-ring (bicyclic) bond motifs is 6. The lowest BCUT2D eigenvalue weighted by atomic mass is 9.69. The monoisotopic (exact) mass is 321 g/mol. The molecule has 4 atom stereocenters. The van der Waals surface area contributed by atoms with E-state index >= 15 is 0 Å². The average Bonchev–Trinajstić information content (AvgIpc) is 3.11. The van der Waals surface area contributed by atoms with Crippen molar-refractivity contribution in [1.82, 2.24) is 0 Å². The minimum absolute atomic E-state index is 0.104. The smallest absolute Gasteiger partial charge is 0.240 e. The molecule has 3 aliphatic rings. The number of benzene rings is 2. The Kier molecular flexibility index (Phi) is 2.51. The van der Waals surface area contributed by atoms with E-state index in [4.69, 9.17) is 4.74 Å². The predicted molar refractivity (Wildman–Crippen MR) is 90.6 cm³/mol. The molecule has 3 saturated heterocycles. The number of carbonyl (C=O) groups excluding carboxylic acids is 2. The van der Waals surface area contributed by atoms with Gasteiger partial charge in [0.05, 0.1) is 28.7 Å². The van der Waals surface area contributed by atoms with E-state index in [1.54, 1.807) is 0 Å². The van der Waals surface area contributed by atoms with Crippen LogP contribution in [0.3, 0.4) is 0 Å². The van der Waals surface area contributed by atoms with E-state index in [2.05, 4.69) is 0 Å². The van der Waals surface area contributed by atoms with Crippen LogP contribution in [0.15, 0.2) is 42.5 Å². The van der Waals surface area contributed by atoms with Crippen LogP contribution in [0.1, 0.15) is 26.7 Å².